The molecule has 1 nitrogen and oxygen atoms in total. The van der Waals surface area contributed by atoms with Crippen LogP contribution < -0.4 is 5.32 Å². The predicted octanol–water partition coefficient (Wildman–Crippen LogP) is 5.05. The topological polar surface area (TPSA) is 12.0 Å². The number of nitrogens with one attached hydrogen (secondary N) is 1. The normalized spacial score (nSPS) is 13.4. The summed E-state index contributed by atoms with van der Waals surface area (Å²) in [4.78, 5) is 0. The van der Waals surface area contributed by atoms with Gasteiger partial charge < -0.3 is 5.32 Å². The maximum Gasteiger partial charge on any atom is 0.0410 e. The molecule has 21 heavy (non-hydrogen) atoms. The monoisotopic (exact) mass is 281 g/mol. The molecule has 1 N–H and O–H groups in total. The van der Waals surface area contributed by atoms with E-state index in [0.29, 0.717) is 12.0 Å². The lowest BCUT2D eigenvalue weighted by Gasteiger charge is -2.35. The van der Waals surface area contributed by atoms with Crippen molar-refractivity contribution >= 4 is 0 Å². The van der Waals surface area contributed by atoms with Gasteiger partial charge in [0.05, 0.1) is 0 Å². The van der Waals surface area contributed by atoms with Crippen molar-refractivity contribution in [3.05, 3.63) is 71.3 Å². The van der Waals surface area contributed by atoms with Crippen LogP contribution in [0.25, 0.3) is 0 Å². The van der Waals surface area contributed by atoms with Crippen molar-refractivity contribution in [2.75, 3.05) is 7.05 Å². The summed E-state index contributed by atoms with van der Waals surface area (Å²) in [6.45, 7) is 9.08. The van der Waals surface area contributed by atoms with Gasteiger partial charge in [-0.05, 0) is 29.7 Å². The highest BCUT2D eigenvalue weighted by Crippen LogP contribution is 2.36. The van der Waals surface area contributed by atoms with E-state index in [9.17, 15) is 0 Å². The minimum absolute atomic E-state index is 0.0371. The van der Waals surface area contributed by atoms with Gasteiger partial charge in [-0.3, -0.25) is 0 Å². The summed E-state index contributed by atoms with van der Waals surface area (Å²) in [5.41, 5.74) is 4.13. The Labute approximate surface area is 129 Å². The van der Waals surface area contributed by atoms with Gasteiger partial charge >= 0.3 is 0 Å². The minimum Gasteiger partial charge on any atom is -0.312 e. The lowest BCUT2D eigenvalue weighted by Crippen LogP contribution is -2.35. The third kappa shape index (κ3) is 3.36. The highest BCUT2D eigenvalue weighted by atomic mass is 14.9. The molecule has 0 heterocycles. The predicted molar refractivity (Wildman–Crippen MR) is 91.8 cm³/mol. The fourth-order valence-electron chi connectivity index (χ4n) is 3.05. The van der Waals surface area contributed by atoms with Crippen molar-refractivity contribution in [2.45, 2.75) is 45.1 Å². The third-order valence-corrected chi connectivity index (χ3v) is 4.46. The molecule has 0 aliphatic heterocycles. The molecule has 0 fully saturated rings. The molecule has 0 saturated carbocycles. The average Bonchev–Trinajstić information content (AvgIpc) is 2.49. The second-order valence-corrected chi connectivity index (χ2v) is 6.63. The maximum absolute atomic E-state index is 3.51. The van der Waals surface area contributed by atoms with E-state index in [1.807, 2.05) is 7.05 Å². The summed E-state index contributed by atoms with van der Waals surface area (Å²) in [5, 5.41) is 3.51. The quantitative estimate of drug-likeness (QED) is 0.809. The Balaban J connectivity index is 2.34. The van der Waals surface area contributed by atoms with Crippen LogP contribution in [-0.2, 0) is 5.41 Å². The summed E-state index contributed by atoms with van der Waals surface area (Å²) in [5.74, 6) is 0.578. The highest BCUT2D eigenvalue weighted by Gasteiger charge is 2.31. The summed E-state index contributed by atoms with van der Waals surface area (Å²) in [7, 11) is 2.05. The van der Waals surface area contributed by atoms with Crippen LogP contribution in [0.2, 0.25) is 0 Å². The second-order valence-electron chi connectivity index (χ2n) is 6.63. The SMILES string of the molecule is CNC(c1ccc(C(C)C)cc1)C(C)(C)c1ccccc1. The highest BCUT2D eigenvalue weighted by molar-refractivity contribution is 5.34. The molecule has 0 aliphatic carbocycles. The molecule has 2 aromatic carbocycles. The zero-order valence-electron chi connectivity index (χ0n) is 13.9. The molecule has 1 atom stereocenters. The van der Waals surface area contributed by atoms with Gasteiger partial charge in [-0.15, -0.1) is 0 Å². The lowest BCUT2D eigenvalue weighted by molar-refractivity contribution is 0.368. The van der Waals surface area contributed by atoms with Gasteiger partial charge in [-0.2, -0.15) is 0 Å². The van der Waals surface area contributed by atoms with Crippen molar-refractivity contribution in [2.24, 2.45) is 0 Å². The van der Waals surface area contributed by atoms with E-state index >= 15 is 0 Å². The molecule has 0 spiro atoms. The van der Waals surface area contributed by atoms with E-state index in [1.165, 1.54) is 16.7 Å². The minimum atomic E-state index is 0.0371. The molecule has 0 radical (unpaired) electrons. The third-order valence-electron chi connectivity index (χ3n) is 4.46. The van der Waals surface area contributed by atoms with Crippen LogP contribution in [0.5, 0.6) is 0 Å². The fourth-order valence-corrected chi connectivity index (χ4v) is 3.05. The van der Waals surface area contributed by atoms with Crippen molar-refractivity contribution in [1.29, 1.82) is 0 Å². The zero-order valence-corrected chi connectivity index (χ0v) is 13.9. The molecular weight excluding hydrogens is 254 g/mol. The molecule has 0 bridgehead atoms. The summed E-state index contributed by atoms with van der Waals surface area (Å²) in [6.07, 6.45) is 0. The van der Waals surface area contributed by atoms with E-state index in [2.05, 4.69) is 87.6 Å². The van der Waals surface area contributed by atoms with Crippen LogP contribution >= 0.6 is 0 Å². The Bertz CT molecular complexity index is 552. The molecule has 2 rings (SSSR count). The van der Waals surface area contributed by atoms with E-state index in [1.54, 1.807) is 0 Å². The van der Waals surface area contributed by atoms with Crippen LogP contribution in [0.3, 0.4) is 0 Å². The Morgan fingerprint density at radius 2 is 1.33 bits per heavy atom. The van der Waals surface area contributed by atoms with Gasteiger partial charge in [0.1, 0.15) is 0 Å². The first-order valence-corrected chi connectivity index (χ1v) is 7.79. The molecule has 1 heteroatoms. The first-order chi connectivity index (χ1) is 9.96. The van der Waals surface area contributed by atoms with Gasteiger partial charge in [-0.1, -0.05) is 82.3 Å². The number of likely N-dealkylation sites (N-methyl/N-ethyl adjacent to an activating group) is 1. The van der Waals surface area contributed by atoms with Crippen molar-refractivity contribution in [3.8, 4) is 0 Å². The van der Waals surface area contributed by atoms with Crippen molar-refractivity contribution < 1.29 is 0 Å². The van der Waals surface area contributed by atoms with E-state index in [0.717, 1.165) is 0 Å². The zero-order chi connectivity index (χ0) is 15.5. The standard InChI is InChI=1S/C20H27N/c1-15(2)16-11-13-17(14-12-16)19(21-5)20(3,4)18-9-7-6-8-10-18/h6-15,19,21H,1-5H3. The van der Waals surface area contributed by atoms with Crippen LogP contribution in [0.15, 0.2) is 54.6 Å². The Hall–Kier alpha value is -1.60. The van der Waals surface area contributed by atoms with Gasteiger partial charge in [-0.25, -0.2) is 0 Å². The van der Waals surface area contributed by atoms with Gasteiger partial charge in [0.25, 0.3) is 0 Å². The van der Waals surface area contributed by atoms with Gasteiger partial charge in [0.2, 0.25) is 0 Å². The molecular formula is C20H27N. The maximum atomic E-state index is 3.51. The summed E-state index contributed by atoms with van der Waals surface area (Å²) in [6, 6.07) is 20.1. The molecule has 2 aromatic rings. The first kappa shape index (κ1) is 15.8. The number of rotatable bonds is 5. The Morgan fingerprint density at radius 3 is 1.81 bits per heavy atom. The smallest absolute Gasteiger partial charge is 0.0410 e. The van der Waals surface area contributed by atoms with Crippen molar-refractivity contribution in [3.63, 3.8) is 0 Å². The molecule has 0 aliphatic rings. The molecule has 112 valence electrons. The van der Waals surface area contributed by atoms with Gasteiger partial charge in [0.15, 0.2) is 0 Å². The van der Waals surface area contributed by atoms with Gasteiger partial charge in [0, 0.05) is 11.5 Å². The number of hydrogen-bond donors (Lipinski definition) is 1. The largest absolute Gasteiger partial charge is 0.312 e. The second kappa shape index (κ2) is 6.44. The first-order valence-electron chi connectivity index (χ1n) is 7.79. The van der Waals surface area contributed by atoms with Crippen LogP contribution in [0.1, 0.15) is 56.3 Å². The van der Waals surface area contributed by atoms with Crippen LogP contribution in [0.4, 0.5) is 0 Å². The Morgan fingerprint density at radius 1 is 0.810 bits per heavy atom. The summed E-state index contributed by atoms with van der Waals surface area (Å²) >= 11 is 0. The molecule has 1 unspecified atom stereocenters. The number of benzene rings is 2. The lowest BCUT2D eigenvalue weighted by atomic mass is 9.75. The Kier molecular flexibility index (Phi) is 4.84. The van der Waals surface area contributed by atoms with E-state index in [4.69, 9.17) is 0 Å². The van der Waals surface area contributed by atoms with Crippen molar-refractivity contribution in [1.82, 2.24) is 5.32 Å². The average molecular weight is 281 g/mol. The molecule has 0 saturated heterocycles. The number of hydrogen-bond acceptors (Lipinski definition) is 1. The van der Waals surface area contributed by atoms with Crippen LogP contribution in [-0.4, -0.2) is 7.05 Å². The molecule has 0 aromatic heterocycles. The van der Waals surface area contributed by atoms with E-state index in [-0.39, 0.29) is 5.41 Å². The molecule has 0 amide bonds. The fraction of sp³-hybridized carbons (Fsp3) is 0.400. The van der Waals surface area contributed by atoms with Crippen LogP contribution in [0, 0.1) is 0 Å². The van der Waals surface area contributed by atoms with E-state index < -0.39 is 0 Å². The summed E-state index contributed by atoms with van der Waals surface area (Å²) < 4.78 is 0.